The van der Waals surface area contributed by atoms with Crippen molar-refractivity contribution in [2.45, 2.75) is 38.5 Å². The third-order valence-electron chi connectivity index (χ3n) is 5.21. The maximum Gasteiger partial charge on any atom is 0.260 e. The van der Waals surface area contributed by atoms with Gasteiger partial charge >= 0.3 is 0 Å². The molecule has 4 rings (SSSR count). The minimum atomic E-state index is -0.0133. The van der Waals surface area contributed by atoms with Crippen LogP contribution in [0, 0.1) is 0 Å². The number of piperidine rings is 1. The van der Waals surface area contributed by atoms with Crippen molar-refractivity contribution in [2.24, 2.45) is 0 Å². The van der Waals surface area contributed by atoms with Crippen molar-refractivity contribution in [2.75, 3.05) is 19.7 Å². The smallest absolute Gasteiger partial charge is 0.260 e. The molecule has 0 spiro atoms. The number of hydrogen-bond acceptors (Lipinski definition) is 6. The van der Waals surface area contributed by atoms with Crippen LogP contribution in [-0.2, 0) is 4.79 Å². The first-order chi connectivity index (χ1) is 14.1. The zero-order valence-corrected chi connectivity index (χ0v) is 17.5. The molecule has 2 aromatic heterocycles. The maximum atomic E-state index is 12.7. The molecular formula is C22H25N3O3S. The third kappa shape index (κ3) is 4.67. The molecule has 0 saturated carbocycles. The molecule has 0 bridgehead atoms. The summed E-state index contributed by atoms with van der Waals surface area (Å²) in [6.07, 6.45) is 1.85. The molecule has 7 heteroatoms. The van der Waals surface area contributed by atoms with Gasteiger partial charge in [0.1, 0.15) is 5.75 Å². The Morgan fingerprint density at radius 3 is 2.83 bits per heavy atom. The highest BCUT2D eigenvalue weighted by atomic mass is 32.1. The lowest BCUT2D eigenvalue weighted by molar-refractivity contribution is -0.134. The number of rotatable bonds is 6. The Morgan fingerprint density at radius 1 is 1.28 bits per heavy atom. The highest BCUT2D eigenvalue weighted by Crippen LogP contribution is 2.30. The molecular weight excluding hydrogens is 386 g/mol. The van der Waals surface area contributed by atoms with E-state index in [4.69, 9.17) is 9.15 Å². The third-order valence-corrected chi connectivity index (χ3v) is 6.06. The van der Waals surface area contributed by atoms with Gasteiger partial charge in [-0.1, -0.05) is 32.0 Å². The highest BCUT2D eigenvalue weighted by molar-refractivity contribution is 7.13. The van der Waals surface area contributed by atoms with Crippen molar-refractivity contribution in [1.29, 1.82) is 0 Å². The van der Waals surface area contributed by atoms with E-state index in [1.165, 1.54) is 5.56 Å². The topological polar surface area (TPSA) is 68.5 Å². The van der Waals surface area contributed by atoms with Crippen molar-refractivity contribution in [3.8, 4) is 16.5 Å². The molecule has 1 fully saturated rings. The Bertz CT molecular complexity index is 935. The van der Waals surface area contributed by atoms with Gasteiger partial charge in [0, 0.05) is 13.1 Å². The average molecular weight is 412 g/mol. The molecule has 0 aliphatic carbocycles. The van der Waals surface area contributed by atoms with Gasteiger partial charge in [-0.25, -0.2) is 0 Å². The number of ether oxygens (including phenoxy) is 1. The Hall–Kier alpha value is -2.67. The van der Waals surface area contributed by atoms with E-state index in [1.807, 2.05) is 46.7 Å². The molecule has 0 radical (unpaired) electrons. The van der Waals surface area contributed by atoms with Crippen LogP contribution in [0.2, 0.25) is 0 Å². The summed E-state index contributed by atoms with van der Waals surface area (Å²) in [7, 11) is 0. The zero-order chi connectivity index (χ0) is 20.2. The summed E-state index contributed by atoms with van der Waals surface area (Å²) in [5, 5.41) is 10.4. The largest absolute Gasteiger partial charge is 0.484 e. The molecule has 1 atom stereocenters. The Kier molecular flexibility index (Phi) is 5.94. The van der Waals surface area contributed by atoms with Gasteiger partial charge in [-0.3, -0.25) is 4.79 Å². The van der Waals surface area contributed by atoms with Crippen molar-refractivity contribution in [1.82, 2.24) is 15.1 Å². The normalized spacial score (nSPS) is 16.9. The number of amides is 1. The summed E-state index contributed by atoms with van der Waals surface area (Å²) >= 11 is 1.57. The lowest BCUT2D eigenvalue weighted by Crippen LogP contribution is -2.41. The van der Waals surface area contributed by atoms with Gasteiger partial charge in [-0.15, -0.1) is 21.5 Å². The monoisotopic (exact) mass is 411 g/mol. The molecule has 6 nitrogen and oxygen atoms in total. The molecule has 1 saturated heterocycles. The average Bonchev–Trinajstić information content (AvgIpc) is 3.44. The van der Waals surface area contributed by atoms with Gasteiger partial charge in [0.15, 0.2) is 6.61 Å². The van der Waals surface area contributed by atoms with Crippen LogP contribution in [0.1, 0.15) is 50.0 Å². The fourth-order valence-electron chi connectivity index (χ4n) is 3.49. The van der Waals surface area contributed by atoms with E-state index in [1.54, 1.807) is 11.3 Å². The van der Waals surface area contributed by atoms with Crippen molar-refractivity contribution < 1.29 is 13.9 Å². The lowest BCUT2D eigenvalue weighted by atomic mass is 9.98. The molecule has 0 N–H and O–H groups in total. The van der Waals surface area contributed by atoms with E-state index in [2.05, 4.69) is 24.0 Å². The first-order valence-corrected chi connectivity index (χ1v) is 10.9. The van der Waals surface area contributed by atoms with Crippen LogP contribution in [0.15, 0.2) is 46.2 Å². The van der Waals surface area contributed by atoms with Crippen LogP contribution < -0.4 is 4.74 Å². The first-order valence-electron chi connectivity index (χ1n) is 9.98. The van der Waals surface area contributed by atoms with E-state index >= 15 is 0 Å². The SMILES string of the molecule is CC(C)c1ccc(OCC(=O)N2CCCC(c3nnc(-c4cccs4)o3)C2)cc1. The summed E-state index contributed by atoms with van der Waals surface area (Å²) in [5.74, 6) is 2.40. The highest BCUT2D eigenvalue weighted by Gasteiger charge is 2.28. The summed E-state index contributed by atoms with van der Waals surface area (Å²) in [5.41, 5.74) is 1.25. The van der Waals surface area contributed by atoms with Crippen LogP contribution in [0.3, 0.4) is 0 Å². The van der Waals surface area contributed by atoms with Crippen LogP contribution in [0.5, 0.6) is 5.75 Å². The van der Waals surface area contributed by atoms with Gasteiger partial charge in [-0.05, 0) is 47.9 Å². The number of carbonyl (C=O) groups is 1. The molecule has 3 aromatic rings. The number of thiophene rings is 1. The molecule has 29 heavy (non-hydrogen) atoms. The number of hydrogen-bond donors (Lipinski definition) is 0. The summed E-state index contributed by atoms with van der Waals surface area (Å²) in [6.45, 7) is 5.66. The number of benzene rings is 1. The summed E-state index contributed by atoms with van der Waals surface area (Å²) in [6, 6.07) is 11.9. The van der Waals surface area contributed by atoms with E-state index in [0.29, 0.717) is 30.0 Å². The minimum Gasteiger partial charge on any atom is -0.484 e. The number of carbonyl (C=O) groups excluding carboxylic acids is 1. The minimum absolute atomic E-state index is 0.0133. The van der Waals surface area contributed by atoms with Crippen LogP contribution in [0.25, 0.3) is 10.8 Å². The fourth-order valence-corrected chi connectivity index (χ4v) is 4.13. The zero-order valence-electron chi connectivity index (χ0n) is 16.7. The van der Waals surface area contributed by atoms with Gasteiger partial charge in [-0.2, -0.15) is 0 Å². The van der Waals surface area contributed by atoms with E-state index < -0.39 is 0 Å². The second-order valence-corrected chi connectivity index (χ2v) is 8.56. The predicted molar refractivity (Wildman–Crippen MR) is 112 cm³/mol. The van der Waals surface area contributed by atoms with Crippen molar-refractivity contribution in [3.05, 3.63) is 53.2 Å². The Morgan fingerprint density at radius 2 is 2.10 bits per heavy atom. The maximum absolute atomic E-state index is 12.7. The van der Waals surface area contributed by atoms with E-state index in [-0.39, 0.29) is 18.4 Å². The van der Waals surface area contributed by atoms with E-state index in [9.17, 15) is 4.79 Å². The van der Waals surface area contributed by atoms with E-state index in [0.717, 1.165) is 24.3 Å². The van der Waals surface area contributed by atoms with Gasteiger partial charge in [0.25, 0.3) is 11.8 Å². The lowest BCUT2D eigenvalue weighted by Gasteiger charge is -2.31. The molecule has 1 unspecified atom stereocenters. The number of likely N-dealkylation sites (tertiary alicyclic amines) is 1. The standard InChI is InChI=1S/C22H25N3O3S/c1-15(2)16-7-9-18(10-8-16)27-14-20(26)25-11-3-5-17(13-25)21-23-24-22(28-21)19-6-4-12-29-19/h4,6-10,12,15,17H,3,5,11,13-14H2,1-2H3. The molecule has 1 amide bonds. The second-order valence-electron chi connectivity index (χ2n) is 7.61. The molecule has 1 aliphatic heterocycles. The quantitative estimate of drug-likeness (QED) is 0.588. The number of aromatic nitrogens is 2. The van der Waals surface area contributed by atoms with Gasteiger partial charge < -0.3 is 14.1 Å². The van der Waals surface area contributed by atoms with Gasteiger partial charge in [0.2, 0.25) is 5.89 Å². The first kappa shape index (κ1) is 19.6. The molecule has 1 aromatic carbocycles. The molecule has 1 aliphatic rings. The summed E-state index contributed by atoms with van der Waals surface area (Å²) in [4.78, 5) is 15.5. The summed E-state index contributed by atoms with van der Waals surface area (Å²) < 4.78 is 11.6. The Labute approximate surface area is 174 Å². The van der Waals surface area contributed by atoms with Gasteiger partial charge in [0.05, 0.1) is 10.8 Å². The second kappa shape index (κ2) is 8.78. The van der Waals surface area contributed by atoms with Crippen LogP contribution in [0.4, 0.5) is 0 Å². The van der Waals surface area contributed by atoms with Crippen LogP contribution >= 0.6 is 11.3 Å². The van der Waals surface area contributed by atoms with Crippen LogP contribution in [-0.4, -0.2) is 40.7 Å². The molecule has 152 valence electrons. The van der Waals surface area contributed by atoms with Crippen molar-refractivity contribution in [3.63, 3.8) is 0 Å². The molecule has 3 heterocycles. The Balaban J connectivity index is 1.33. The fraction of sp³-hybridized carbons (Fsp3) is 0.409. The predicted octanol–water partition coefficient (Wildman–Crippen LogP) is 4.71. The van der Waals surface area contributed by atoms with Crippen molar-refractivity contribution >= 4 is 17.2 Å². The number of nitrogens with zero attached hydrogens (tertiary/aromatic N) is 3.